The highest BCUT2D eigenvalue weighted by molar-refractivity contribution is 5.93. The molecule has 0 radical (unpaired) electrons. The molecule has 0 heterocycles. The molecule has 1 aliphatic rings. The molecule has 0 bridgehead atoms. The van der Waals surface area contributed by atoms with Gasteiger partial charge in [0.1, 0.15) is 0 Å². The van der Waals surface area contributed by atoms with Crippen molar-refractivity contribution in [1.82, 2.24) is 4.90 Å². The molecule has 0 unspecified atom stereocenters. The van der Waals surface area contributed by atoms with E-state index in [1.807, 2.05) is 44.0 Å². The minimum Gasteiger partial charge on any atom is -0.393 e. The number of rotatable bonds is 5. The van der Waals surface area contributed by atoms with Gasteiger partial charge in [0.2, 0.25) is 5.91 Å². The Hall–Kier alpha value is -1.39. The molecule has 0 aromatic heterocycles. The van der Waals surface area contributed by atoms with Gasteiger partial charge in [0.15, 0.2) is 0 Å². The molecule has 1 aliphatic carbocycles. The van der Waals surface area contributed by atoms with Crippen LogP contribution in [0, 0.1) is 19.8 Å². The Morgan fingerprint density at radius 3 is 2.75 bits per heavy atom. The first kappa shape index (κ1) is 15.0. The number of aliphatic hydroxyl groups excluding tert-OH is 1. The maximum Gasteiger partial charge on any atom is 0.238 e. The lowest BCUT2D eigenvalue weighted by atomic mass is 9.82. The van der Waals surface area contributed by atoms with Gasteiger partial charge in [-0.25, -0.2) is 0 Å². The third-order valence-electron chi connectivity index (χ3n) is 3.86. The third-order valence-corrected chi connectivity index (χ3v) is 3.86. The van der Waals surface area contributed by atoms with Crippen LogP contribution in [0.4, 0.5) is 5.69 Å². The molecule has 0 aliphatic heterocycles. The van der Waals surface area contributed by atoms with Crippen LogP contribution in [0.1, 0.15) is 24.0 Å². The van der Waals surface area contributed by atoms with Gasteiger partial charge in [0.25, 0.3) is 0 Å². The Balaban J connectivity index is 1.81. The Labute approximate surface area is 120 Å². The summed E-state index contributed by atoms with van der Waals surface area (Å²) in [5.74, 6) is 0.546. The number of nitrogens with one attached hydrogen (secondary N) is 1. The van der Waals surface area contributed by atoms with Crippen LogP contribution in [-0.4, -0.2) is 42.2 Å². The largest absolute Gasteiger partial charge is 0.393 e. The number of aliphatic hydroxyl groups is 1. The van der Waals surface area contributed by atoms with Gasteiger partial charge in [-0.1, -0.05) is 12.1 Å². The van der Waals surface area contributed by atoms with Gasteiger partial charge in [0.05, 0.1) is 12.6 Å². The van der Waals surface area contributed by atoms with Crippen molar-refractivity contribution >= 4 is 11.6 Å². The molecule has 1 fully saturated rings. The fourth-order valence-corrected chi connectivity index (χ4v) is 2.66. The van der Waals surface area contributed by atoms with Crippen molar-refractivity contribution in [2.45, 2.75) is 32.8 Å². The molecule has 1 aromatic rings. The summed E-state index contributed by atoms with van der Waals surface area (Å²) in [6.07, 6.45) is 1.60. The second-order valence-corrected chi connectivity index (χ2v) is 6.05. The summed E-state index contributed by atoms with van der Waals surface area (Å²) in [4.78, 5) is 14.1. The molecule has 2 N–H and O–H groups in total. The molecule has 4 heteroatoms. The van der Waals surface area contributed by atoms with Gasteiger partial charge in [-0.3, -0.25) is 9.69 Å². The summed E-state index contributed by atoms with van der Waals surface area (Å²) in [6, 6.07) is 6.05. The van der Waals surface area contributed by atoms with E-state index in [4.69, 9.17) is 0 Å². The Morgan fingerprint density at radius 1 is 1.40 bits per heavy atom. The zero-order valence-electron chi connectivity index (χ0n) is 12.5. The topological polar surface area (TPSA) is 52.6 Å². The number of anilines is 1. The van der Waals surface area contributed by atoms with E-state index in [1.165, 1.54) is 0 Å². The Morgan fingerprint density at radius 2 is 2.10 bits per heavy atom. The highest BCUT2D eigenvalue weighted by atomic mass is 16.3. The summed E-state index contributed by atoms with van der Waals surface area (Å²) in [7, 11) is 1.95. The normalized spacial score (nSPS) is 21.6. The number of likely N-dealkylation sites (N-methyl/N-ethyl adjacent to an activating group) is 1. The van der Waals surface area contributed by atoms with Gasteiger partial charge in [0, 0.05) is 12.2 Å². The number of carbonyl (C=O) groups is 1. The van der Waals surface area contributed by atoms with Crippen molar-refractivity contribution in [2.24, 2.45) is 5.92 Å². The van der Waals surface area contributed by atoms with Crippen LogP contribution in [-0.2, 0) is 4.79 Å². The second-order valence-electron chi connectivity index (χ2n) is 6.05. The smallest absolute Gasteiger partial charge is 0.238 e. The summed E-state index contributed by atoms with van der Waals surface area (Å²) in [5.41, 5.74) is 3.11. The third kappa shape index (κ3) is 4.05. The summed E-state index contributed by atoms with van der Waals surface area (Å²) in [5, 5.41) is 12.2. The van der Waals surface area contributed by atoms with Gasteiger partial charge in [-0.05, 0) is 56.8 Å². The van der Waals surface area contributed by atoms with Crippen molar-refractivity contribution in [2.75, 3.05) is 25.5 Å². The molecule has 110 valence electrons. The lowest BCUT2D eigenvalue weighted by Gasteiger charge is -2.34. The number of amides is 1. The van der Waals surface area contributed by atoms with Gasteiger partial charge >= 0.3 is 0 Å². The minimum atomic E-state index is -0.128. The number of hydrogen-bond acceptors (Lipinski definition) is 3. The lowest BCUT2D eigenvalue weighted by Crippen LogP contribution is -2.40. The molecular formula is C16H24N2O2. The number of nitrogens with zero attached hydrogens (tertiary/aromatic N) is 1. The molecule has 1 amide bonds. The van der Waals surface area contributed by atoms with Crippen molar-refractivity contribution in [3.05, 3.63) is 29.3 Å². The molecule has 1 aromatic carbocycles. The van der Waals surface area contributed by atoms with Crippen molar-refractivity contribution in [3.8, 4) is 0 Å². The van der Waals surface area contributed by atoms with Crippen LogP contribution < -0.4 is 5.32 Å². The van der Waals surface area contributed by atoms with Crippen LogP contribution in [0.25, 0.3) is 0 Å². The van der Waals surface area contributed by atoms with Gasteiger partial charge in [-0.2, -0.15) is 0 Å². The SMILES string of the molecule is Cc1ccc(C)c(NC(=O)CN(C)CC2CC(O)C2)c1. The monoisotopic (exact) mass is 276 g/mol. The number of benzene rings is 1. The zero-order chi connectivity index (χ0) is 14.7. The Bertz CT molecular complexity index is 481. The summed E-state index contributed by atoms with van der Waals surface area (Å²) in [6.45, 7) is 5.27. The molecule has 4 nitrogen and oxygen atoms in total. The maximum atomic E-state index is 12.0. The second kappa shape index (κ2) is 6.37. The van der Waals surface area contributed by atoms with Crippen molar-refractivity contribution in [1.29, 1.82) is 0 Å². The molecule has 1 saturated carbocycles. The number of carbonyl (C=O) groups excluding carboxylic acids is 1. The predicted molar refractivity (Wildman–Crippen MR) is 80.8 cm³/mol. The van der Waals surface area contributed by atoms with Gasteiger partial charge in [-0.15, -0.1) is 0 Å². The standard InChI is InChI=1S/C16H24N2O2/c1-11-4-5-12(2)15(6-11)17-16(20)10-18(3)9-13-7-14(19)8-13/h4-6,13-14,19H,7-10H2,1-3H3,(H,17,20). The lowest BCUT2D eigenvalue weighted by molar-refractivity contribution is -0.117. The number of hydrogen-bond donors (Lipinski definition) is 2. The molecule has 20 heavy (non-hydrogen) atoms. The molecule has 0 atom stereocenters. The van der Waals surface area contributed by atoms with Crippen LogP contribution in [0.3, 0.4) is 0 Å². The fraction of sp³-hybridized carbons (Fsp3) is 0.562. The molecule has 0 spiro atoms. The van der Waals surface area contributed by atoms with E-state index in [0.717, 1.165) is 36.2 Å². The van der Waals surface area contributed by atoms with E-state index in [1.54, 1.807) is 0 Å². The van der Waals surface area contributed by atoms with E-state index in [9.17, 15) is 9.90 Å². The highest BCUT2D eigenvalue weighted by Crippen LogP contribution is 2.27. The van der Waals surface area contributed by atoms with E-state index >= 15 is 0 Å². The highest BCUT2D eigenvalue weighted by Gasteiger charge is 2.28. The molecule has 0 saturated heterocycles. The molecule has 2 rings (SSSR count). The first-order valence-corrected chi connectivity index (χ1v) is 7.17. The zero-order valence-corrected chi connectivity index (χ0v) is 12.5. The predicted octanol–water partition coefficient (Wildman–Crippen LogP) is 1.94. The summed E-state index contributed by atoms with van der Waals surface area (Å²) >= 11 is 0. The van der Waals surface area contributed by atoms with Crippen LogP contribution >= 0.6 is 0 Å². The average Bonchev–Trinajstić information content (AvgIpc) is 2.31. The quantitative estimate of drug-likeness (QED) is 0.864. The van der Waals surface area contributed by atoms with E-state index < -0.39 is 0 Å². The first-order valence-electron chi connectivity index (χ1n) is 7.17. The molecular weight excluding hydrogens is 252 g/mol. The van der Waals surface area contributed by atoms with E-state index in [2.05, 4.69) is 5.32 Å². The summed E-state index contributed by atoms with van der Waals surface area (Å²) < 4.78 is 0. The van der Waals surface area contributed by atoms with Crippen LogP contribution in [0.5, 0.6) is 0 Å². The minimum absolute atomic E-state index is 0.0149. The van der Waals surface area contributed by atoms with E-state index in [-0.39, 0.29) is 12.0 Å². The van der Waals surface area contributed by atoms with Crippen molar-refractivity contribution < 1.29 is 9.90 Å². The van der Waals surface area contributed by atoms with Crippen LogP contribution in [0.15, 0.2) is 18.2 Å². The van der Waals surface area contributed by atoms with Crippen LogP contribution in [0.2, 0.25) is 0 Å². The Kier molecular flexibility index (Phi) is 4.78. The average molecular weight is 276 g/mol. The first-order chi connectivity index (χ1) is 9.44. The van der Waals surface area contributed by atoms with Crippen molar-refractivity contribution in [3.63, 3.8) is 0 Å². The van der Waals surface area contributed by atoms with E-state index in [0.29, 0.717) is 12.5 Å². The fourth-order valence-electron chi connectivity index (χ4n) is 2.66. The maximum absolute atomic E-state index is 12.0. The number of aryl methyl sites for hydroxylation is 2. The van der Waals surface area contributed by atoms with Gasteiger partial charge < -0.3 is 10.4 Å².